The smallest absolute Gasteiger partial charge is 0.251 e. The standard InChI is InChI=1S/C17H20N2O.ClH/c1-12-16(7-4-10-18-12)19-17(20)15-9-8-13-5-2-3-6-14(13)11-15;/h2-3,5-6,8-9,11-12,16,18H,4,7,10H2,1H3,(H,19,20);1H. The summed E-state index contributed by atoms with van der Waals surface area (Å²) in [5, 5.41) is 8.82. The molecule has 1 heterocycles. The third-order valence-corrected chi connectivity index (χ3v) is 4.09. The summed E-state index contributed by atoms with van der Waals surface area (Å²) in [5.41, 5.74) is 0.737. The highest BCUT2D eigenvalue weighted by molar-refractivity contribution is 5.98. The van der Waals surface area contributed by atoms with E-state index in [9.17, 15) is 4.79 Å². The molecule has 2 N–H and O–H groups in total. The summed E-state index contributed by atoms with van der Waals surface area (Å²) in [6.07, 6.45) is 2.17. The van der Waals surface area contributed by atoms with Crippen molar-refractivity contribution >= 4 is 29.1 Å². The van der Waals surface area contributed by atoms with Gasteiger partial charge in [-0.25, -0.2) is 0 Å². The van der Waals surface area contributed by atoms with Gasteiger partial charge in [0, 0.05) is 17.6 Å². The summed E-state index contributed by atoms with van der Waals surface area (Å²) in [5.74, 6) is 0.0244. The van der Waals surface area contributed by atoms with Crippen LogP contribution in [0, 0.1) is 0 Å². The molecule has 0 bridgehead atoms. The van der Waals surface area contributed by atoms with E-state index >= 15 is 0 Å². The van der Waals surface area contributed by atoms with Crippen molar-refractivity contribution in [1.82, 2.24) is 10.6 Å². The van der Waals surface area contributed by atoms with Gasteiger partial charge in [0.1, 0.15) is 0 Å². The van der Waals surface area contributed by atoms with E-state index in [1.54, 1.807) is 0 Å². The minimum absolute atomic E-state index is 0. The van der Waals surface area contributed by atoms with Crippen LogP contribution in [0.15, 0.2) is 42.5 Å². The Hall–Kier alpha value is -1.58. The molecule has 1 fully saturated rings. The van der Waals surface area contributed by atoms with Gasteiger partial charge >= 0.3 is 0 Å². The molecule has 2 aromatic carbocycles. The van der Waals surface area contributed by atoms with Crippen LogP contribution in [0.3, 0.4) is 0 Å². The maximum absolute atomic E-state index is 12.4. The molecule has 0 spiro atoms. The first kappa shape index (κ1) is 15.8. The van der Waals surface area contributed by atoms with Gasteiger partial charge in [0.25, 0.3) is 5.91 Å². The topological polar surface area (TPSA) is 41.1 Å². The molecule has 0 radical (unpaired) electrons. The molecule has 0 saturated carbocycles. The van der Waals surface area contributed by atoms with Crippen molar-refractivity contribution in [3.8, 4) is 0 Å². The molecule has 2 unspecified atom stereocenters. The van der Waals surface area contributed by atoms with E-state index in [1.165, 1.54) is 0 Å². The van der Waals surface area contributed by atoms with Crippen LogP contribution in [0.2, 0.25) is 0 Å². The van der Waals surface area contributed by atoms with Crippen LogP contribution >= 0.6 is 12.4 Å². The number of amides is 1. The maximum atomic E-state index is 12.4. The number of piperidine rings is 1. The summed E-state index contributed by atoms with van der Waals surface area (Å²) >= 11 is 0. The van der Waals surface area contributed by atoms with Crippen molar-refractivity contribution < 1.29 is 4.79 Å². The quantitative estimate of drug-likeness (QED) is 0.895. The number of nitrogens with one attached hydrogen (secondary N) is 2. The van der Waals surface area contributed by atoms with E-state index in [4.69, 9.17) is 0 Å². The number of fused-ring (bicyclic) bond motifs is 1. The Kier molecular flexibility index (Phi) is 5.21. The van der Waals surface area contributed by atoms with Gasteiger partial charge in [-0.2, -0.15) is 0 Å². The zero-order valence-electron chi connectivity index (χ0n) is 12.1. The molecular weight excluding hydrogens is 284 g/mol. The van der Waals surface area contributed by atoms with Crippen molar-refractivity contribution in [1.29, 1.82) is 0 Å². The average Bonchev–Trinajstić information content (AvgIpc) is 2.49. The van der Waals surface area contributed by atoms with Gasteiger partial charge < -0.3 is 10.6 Å². The van der Waals surface area contributed by atoms with Crippen molar-refractivity contribution in [3.63, 3.8) is 0 Å². The number of carbonyl (C=O) groups is 1. The Balaban J connectivity index is 0.00000161. The number of hydrogen-bond donors (Lipinski definition) is 2. The molecular formula is C17H21ClN2O. The van der Waals surface area contributed by atoms with Crippen molar-refractivity contribution in [2.45, 2.75) is 31.8 Å². The third kappa shape index (κ3) is 3.55. The first-order valence-corrected chi connectivity index (χ1v) is 7.27. The molecule has 3 nitrogen and oxygen atoms in total. The van der Waals surface area contributed by atoms with Crippen LogP contribution in [0.4, 0.5) is 0 Å². The van der Waals surface area contributed by atoms with E-state index in [-0.39, 0.29) is 24.4 Å². The Morgan fingerprint density at radius 2 is 1.95 bits per heavy atom. The molecule has 2 atom stereocenters. The number of rotatable bonds is 2. The lowest BCUT2D eigenvalue weighted by molar-refractivity contribution is 0.0920. The summed E-state index contributed by atoms with van der Waals surface area (Å²) in [7, 11) is 0. The normalized spacial score (nSPS) is 21.6. The zero-order valence-corrected chi connectivity index (χ0v) is 13.0. The van der Waals surface area contributed by atoms with Crippen molar-refractivity contribution in [2.24, 2.45) is 0 Å². The lowest BCUT2D eigenvalue weighted by Gasteiger charge is -2.30. The van der Waals surface area contributed by atoms with Crippen LogP contribution < -0.4 is 10.6 Å². The minimum Gasteiger partial charge on any atom is -0.348 e. The molecule has 0 aromatic heterocycles. The van der Waals surface area contributed by atoms with Gasteiger partial charge in [0.05, 0.1) is 0 Å². The fourth-order valence-electron chi connectivity index (χ4n) is 2.82. The highest BCUT2D eigenvalue weighted by atomic mass is 35.5. The van der Waals surface area contributed by atoms with Gasteiger partial charge in [0.15, 0.2) is 0 Å². The third-order valence-electron chi connectivity index (χ3n) is 4.09. The van der Waals surface area contributed by atoms with E-state index in [0.29, 0.717) is 6.04 Å². The van der Waals surface area contributed by atoms with E-state index in [1.807, 2.05) is 36.4 Å². The second-order valence-corrected chi connectivity index (χ2v) is 5.53. The molecule has 1 aliphatic heterocycles. The number of hydrogen-bond acceptors (Lipinski definition) is 2. The van der Waals surface area contributed by atoms with Gasteiger partial charge in [-0.1, -0.05) is 30.3 Å². The molecule has 112 valence electrons. The Labute approximate surface area is 131 Å². The molecule has 1 amide bonds. The SMILES string of the molecule is CC1NCCCC1NC(=O)c1ccc2ccccc2c1.Cl. The summed E-state index contributed by atoms with van der Waals surface area (Å²) in [6, 6.07) is 14.5. The lowest BCUT2D eigenvalue weighted by atomic mass is 9.99. The van der Waals surface area contributed by atoms with Crippen LogP contribution in [0.1, 0.15) is 30.1 Å². The number of carbonyl (C=O) groups excluding carboxylic acids is 1. The van der Waals surface area contributed by atoms with Crippen molar-refractivity contribution in [3.05, 3.63) is 48.0 Å². The molecule has 4 heteroatoms. The number of benzene rings is 2. The predicted octanol–water partition coefficient (Wildman–Crippen LogP) is 3.13. The summed E-state index contributed by atoms with van der Waals surface area (Å²) < 4.78 is 0. The second-order valence-electron chi connectivity index (χ2n) is 5.53. The zero-order chi connectivity index (χ0) is 13.9. The Morgan fingerprint density at radius 1 is 1.19 bits per heavy atom. The Bertz CT molecular complexity index is 629. The largest absolute Gasteiger partial charge is 0.348 e. The van der Waals surface area contributed by atoms with Crippen LogP contribution in [-0.4, -0.2) is 24.5 Å². The van der Waals surface area contributed by atoms with Gasteiger partial charge in [-0.15, -0.1) is 12.4 Å². The maximum Gasteiger partial charge on any atom is 0.251 e. The molecule has 3 rings (SSSR count). The summed E-state index contributed by atoms with van der Waals surface area (Å²) in [4.78, 5) is 12.4. The van der Waals surface area contributed by atoms with E-state index in [0.717, 1.165) is 35.7 Å². The molecule has 0 aliphatic carbocycles. The second kappa shape index (κ2) is 6.92. The predicted molar refractivity (Wildman–Crippen MR) is 89.1 cm³/mol. The highest BCUT2D eigenvalue weighted by Crippen LogP contribution is 2.16. The fraction of sp³-hybridized carbons (Fsp3) is 0.353. The highest BCUT2D eigenvalue weighted by Gasteiger charge is 2.22. The molecule has 1 aliphatic rings. The molecule has 21 heavy (non-hydrogen) atoms. The lowest BCUT2D eigenvalue weighted by Crippen LogP contribution is -2.51. The molecule has 1 saturated heterocycles. The van der Waals surface area contributed by atoms with E-state index in [2.05, 4.69) is 23.6 Å². The first-order chi connectivity index (χ1) is 9.74. The van der Waals surface area contributed by atoms with Crippen LogP contribution in [0.5, 0.6) is 0 Å². The van der Waals surface area contributed by atoms with E-state index < -0.39 is 0 Å². The Morgan fingerprint density at radius 3 is 2.71 bits per heavy atom. The average molecular weight is 305 g/mol. The first-order valence-electron chi connectivity index (χ1n) is 7.27. The minimum atomic E-state index is 0. The van der Waals surface area contributed by atoms with Crippen LogP contribution in [-0.2, 0) is 0 Å². The number of halogens is 1. The van der Waals surface area contributed by atoms with Crippen molar-refractivity contribution in [2.75, 3.05) is 6.54 Å². The van der Waals surface area contributed by atoms with Gasteiger partial charge in [0.2, 0.25) is 0 Å². The van der Waals surface area contributed by atoms with Gasteiger partial charge in [-0.3, -0.25) is 4.79 Å². The summed E-state index contributed by atoms with van der Waals surface area (Å²) in [6.45, 7) is 3.17. The fourth-order valence-corrected chi connectivity index (χ4v) is 2.82. The van der Waals surface area contributed by atoms with Gasteiger partial charge in [-0.05, 0) is 49.2 Å². The monoisotopic (exact) mass is 304 g/mol. The molecule has 2 aromatic rings. The van der Waals surface area contributed by atoms with Crippen LogP contribution in [0.25, 0.3) is 10.8 Å².